The molecule has 1 aromatic heterocycles. The van der Waals surface area contributed by atoms with Crippen LogP contribution >= 0.6 is 0 Å². The summed E-state index contributed by atoms with van der Waals surface area (Å²) in [6.07, 6.45) is 7.26. The van der Waals surface area contributed by atoms with Crippen LogP contribution in [0.15, 0.2) is 89.7 Å². The number of rotatable bonds is 10. The van der Waals surface area contributed by atoms with Crippen molar-refractivity contribution in [2.24, 2.45) is 4.99 Å². The van der Waals surface area contributed by atoms with Crippen LogP contribution in [0.1, 0.15) is 33.2 Å². The Hall–Kier alpha value is -4.51. The molecule has 0 radical (unpaired) electrons. The fourth-order valence-electron chi connectivity index (χ4n) is 4.17. The molecule has 1 saturated heterocycles. The number of nitrogens with one attached hydrogen (secondary N) is 1. The van der Waals surface area contributed by atoms with E-state index >= 15 is 0 Å². The summed E-state index contributed by atoms with van der Waals surface area (Å²) in [4.78, 5) is 37.6. The number of carbonyl (C=O) groups is 2. The largest absolute Gasteiger partial charge is 0.496 e. The van der Waals surface area contributed by atoms with Crippen LogP contribution in [-0.4, -0.2) is 74.5 Å². The van der Waals surface area contributed by atoms with Crippen LogP contribution in [0.25, 0.3) is 0 Å². The van der Waals surface area contributed by atoms with E-state index in [1.165, 1.54) is 43.7 Å². The minimum Gasteiger partial charge on any atom is -0.496 e. The second-order valence-corrected chi connectivity index (χ2v) is 10.5. The number of benzene rings is 1. The Morgan fingerprint density at radius 2 is 1.68 bits per heavy atom. The summed E-state index contributed by atoms with van der Waals surface area (Å²) in [5, 5.41) is 0. The van der Waals surface area contributed by atoms with E-state index in [-0.39, 0.29) is 39.4 Å². The predicted octanol–water partition coefficient (Wildman–Crippen LogP) is 3.97. The van der Waals surface area contributed by atoms with Crippen LogP contribution in [0.4, 0.5) is 5.69 Å². The minimum absolute atomic E-state index is 0.0985. The van der Waals surface area contributed by atoms with E-state index in [0.717, 1.165) is 5.56 Å². The molecule has 40 heavy (non-hydrogen) atoms. The molecule has 1 N–H and O–H groups in total. The molecule has 0 spiro atoms. The molecule has 2 aromatic rings. The molecule has 0 aliphatic carbocycles. The zero-order valence-corrected chi connectivity index (χ0v) is 23.7. The molecule has 0 atom stereocenters. The van der Waals surface area contributed by atoms with Crippen molar-refractivity contribution in [1.29, 1.82) is 0 Å². The molecule has 1 aromatic carbocycles. The van der Waals surface area contributed by atoms with Crippen LogP contribution in [0.5, 0.6) is 5.75 Å². The SMILES string of the molecule is C=CC(=C)/C(N=CC)=C(\C=C)S(=O)(=O)Nc1ccc(C(=O)N2CCN(C(=O)c3ccncc3C)CC2)c(OC)c1. The Labute approximate surface area is 235 Å². The van der Waals surface area contributed by atoms with E-state index in [1.807, 2.05) is 6.92 Å². The van der Waals surface area contributed by atoms with Crippen molar-refractivity contribution in [2.75, 3.05) is 38.0 Å². The van der Waals surface area contributed by atoms with Crippen molar-refractivity contribution in [3.05, 3.63) is 101 Å². The molecule has 0 saturated carbocycles. The van der Waals surface area contributed by atoms with Gasteiger partial charge in [-0.1, -0.05) is 25.8 Å². The van der Waals surface area contributed by atoms with Crippen molar-refractivity contribution >= 4 is 33.7 Å². The fourth-order valence-corrected chi connectivity index (χ4v) is 5.38. The van der Waals surface area contributed by atoms with Gasteiger partial charge in [0.1, 0.15) is 10.7 Å². The molecule has 2 heterocycles. The van der Waals surface area contributed by atoms with E-state index in [0.29, 0.717) is 37.3 Å². The van der Waals surface area contributed by atoms with Crippen LogP contribution in [-0.2, 0) is 10.0 Å². The number of sulfonamides is 1. The smallest absolute Gasteiger partial charge is 0.264 e. The van der Waals surface area contributed by atoms with Crippen molar-refractivity contribution in [3.8, 4) is 5.75 Å². The maximum Gasteiger partial charge on any atom is 0.264 e. The first kappa shape index (κ1) is 30.0. The third-order valence-electron chi connectivity index (χ3n) is 6.31. The average Bonchev–Trinajstić information content (AvgIpc) is 2.95. The topological polar surface area (TPSA) is 121 Å². The highest BCUT2D eigenvalue weighted by molar-refractivity contribution is 7.96. The van der Waals surface area contributed by atoms with Gasteiger partial charge in [-0.2, -0.15) is 0 Å². The highest BCUT2D eigenvalue weighted by Crippen LogP contribution is 2.28. The third-order valence-corrected chi connectivity index (χ3v) is 7.75. The summed E-state index contributed by atoms with van der Waals surface area (Å²) < 4.78 is 34.3. The summed E-state index contributed by atoms with van der Waals surface area (Å²) in [6.45, 7) is 16.0. The zero-order valence-electron chi connectivity index (χ0n) is 22.9. The summed E-state index contributed by atoms with van der Waals surface area (Å²) in [6, 6.07) is 6.10. The third kappa shape index (κ3) is 6.55. The summed E-state index contributed by atoms with van der Waals surface area (Å²) in [5.41, 5.74) is 2.25. The number of hydrogen-bond acceptors (Lipinski definition) is 7. The van der Waals surface area contributed by atoms with Gasteiger partial charge in [-0.15, -0.1) is 0 Å². The number of aliphatic imine (C=N–C) groups is 1. The van der Waals surface area contributed by atoms with Gasteiger partial charge < -0.3 is 14.5 Å². The average molecular weight is 564 g/mol. The van der Waals surface area contributed by atoms with Gasteiger partial charge in [0.15, 0.2) is 0 Å². The normalized spacial score (nSPS) is 14.4. The summed E-state index contributed by atoms with van der Waals surface area (Å²) in [7, 11) is -2.73. The standard InChI is InChI=1S/C29H33N5O5S/c1-7-20(4)27(31-9-3)26(8-2)40(37,38)32-22-10-11-24(25(18-22)39-6)29(36)34-16-14-33(15-17-34)28(35)23-12-13-30-19-21(23)5/h7-13,18-19,32H,1-2,4,14-17H2,3,5-6H3/b27-26-,31-9?. The van der Waals surface area contributed by atoms with Crippen LogP contribution in [0.2, 0.25) is 0 Å². The lowest BCUT2D eigenvalue weighted by Crippen LogP contribution is -2.50. The van der Waals surface area contributed by atoms with Crippen molar-refractivity contribution in [1.82, 2.24) is 14.8 Å². The maximum absolute atomic E-state index is 13.3. The second kappa shape index (κ2) is 13.0. The van der Waals surface area contributed by atoms with Gasteiger partial charge in [0.2, 0.25) is 0 Å². The van der Waals surface area contributed by atoms with E-state index in [4.69, 9.17) is 4.74 Å². The number of hydrogen-bond donors (Lipinski definition) is 1. The molecule has 2 amide bonds. The Balaban J connectivity index is 1.78. The number of piperazine rings is 1. The van der Waals surface area contributed by atoms with Gasteiger partial charge in [-0.25, -0.2) is 8.42 Å². The van der Waals surface area contributed by atoms with Gasteiger partial charge in [-0.05, 0) is 49.3 Å². The lowest BCUT2D eigenvalue weighted by atomic mass is 10.1. The lowest BCUT2D eigenvalue weighted by Gasteiger charge is -2.35. The minimum atomic E-state index is -4.12. The number of ether oxygens (including phenoxy) is 1. The van der Waals surface area contributed by atoms with Crippen molar-refractivity contribution in [2.45, 2.75) is 13.8 Å². The van der Waals surface area contributed by atoms with Crippen LogP contribution < -0.4 is 9.46 Å². The first-order valence-electron chi connectivity index (χ1n) is 12.4. The van der Waals surface area contributed by atoms with Gasteiger partial charge in [0.05, 0.1) is 24.1 Å². The van der Waals surface area contributed by atoms with Crippen LogP contribution in [0.3, 0.4) is 0 Å². The Bertz CT molecular complexity index is 1500. The fraction of sp³-hybridized carbons (Fsp3) is 0.241. The molecule has 3 rings (SSSR count). The number of pyridine rings is 1. The van der Waals surface area contributed by atoms with Crippen molar-refractivity contribution in [3.63, 3.8) is 0 Å². The number of allylic oxidation sites excluding steroid dienone is 2. The highest BCUT2D eigenvalue weighted by Gasteiger charge is 2.28. The van der Waals surface area contributed by atoms with Gasteiger partial charge in [0, 0.05) is 56.4 Å². The Morgan fingerprint density at radius 3 is 2.20 bits per heavy atom. The Kier molecular flexibility index (Phi) is 9.78. The van der Waals surface area contributed by atoms with Crippen molar-refractivity contribution < 1.29 is 22.7 Å². The maximum atomic E-state index is 13.3. The van der Waals surface area contributed by atoms with E-state index in [2.05, 4.69) is 34.4 Å². The molecule has 0 bridgehead atoms. The van der Waals surface area contributed by atoms with Crippen LogP contribution in [0, 0.1) is 6.92 Å². The first-order valence-corrected chi connectivity index (χ1v) is 13.9. The zero-order chi connectivity index (χ0) is 29.4. The summed E-state index contributed by atoms with van der Waals surface area (Å²) in [5.74, 6) is -0.187. The Morgan fingerprint density at radius 1 is 1.05 bits per heavy atom. The number of nitrogens with zero attached hydrogens (tertiary/aromatic N) is 4. The first-order chi connectivity index (χ1) is 19.1. The predicted molar refractivity (Wildman–Crippen MR) is 157 cm³/mol. The number of anilines is 1. The molecule has 1 fully saturated rings. The van der Waals surface area contributed by atoms with E-state index in [1.54, 1.807) is 35.2 Å². The van der Waals surface area contributed by atoms with Gasteiger partial charge >= 0.3 is 0 Å². The molecule has 11 heteroatoms. The number of amides is 2. The second-order valence-electron chi connectivity index (χ2n) is 8.83. The molecule has 1 aliphatic heterocycles. The molecular formula is C29H33N5O5S. The highest BCUT2D eigenvalue weighted by atomic mass is 32.2. The molecule has 0 unspecified atom stereocenters. The van der Waals surface area contributed by atoms with E-state index in [9.17, 15) is 18.0 Å². The van der Waals surface area contributed by atoms with E-state index < -0.39 is 10.0 Å². The number of aromatic nitrogens is 1. The molecule has 1 aliphatic rings. The number of carbonyl (C=O) groups excluding carboxylic acids is 2. The van der Waals surface area contributed by atoms with Gasteiger partial charge in [-0.3, -0.25) is 24.3 Å². The quantitative estimate of drug-likeness (QED) is 0.345. The molecule has 10 nitrogen and oxygen atoms in total. The lowest BCUT2D eigenvalue weighted by molar-refractivity contribution is 0.0533. The summed E-state index contributed by atoms with van der Waals surface area (Å²) >= 11 is 0. The molecular weight excluding hydrogens is 530 g/mol. The monoisotopic (exact) mass is 563 g/mol. The van der Waals surface area contributed by atoms with Gasteiger partial charge in [0.25, 0.3) is 21.8 Å². The number of aryl methyl sites for hydroxylation is 1. The molecule has 210 valence electrons. The number of methoxy groups -OCH3 is 1.